The minimum Gasteiger partial charge on any atom is -0.341 e. The molecule has 1 amide bonds. The van der Waals surface area contributed by atoms with E-state index in [1.807, 2.05) is 30.3 Å². The maximum atomic E-state index is 11.6. The van der Waals surface area contributed by atoms with Crippen LogP contribution in [0, 0.1) is 0 Å². The Labute approximate surface area is 124 Å². The van der Waals surface area contributed by atoms with Gasteiger partial charge < -0.3 is 15.2 Å². The number of carbonyl (C=O) groups excluding carboxylic acids is 1. The maximum absolute atomic E-state index is 11.6. The van der Waals surface area contributed by atoms with Gasteiger partial charge in [-0.3, -0.25) is 4.79 Å². The van der Waals surface area contributed by atoms with Gasteiger partial charge in [-0.2, -0.15) is 0 Å². The van der Waals surface area contributed by atoms with Crippen LogP contribution >= 0.6 is 12.4 Å². The summed E-state index contributed by atoms with van der Waals surface area (Å²) in [6.45, 7) is 0.816. The van der Waals surface area contributed by atoms with Gasteiger partial charge in [0.05, 0.1) is 25.0 Å². The highest BCUT2D eigenvalue weighted by Crippen LogP contribution is 2.16. The number of halogens is 1. The lowest BCUT2D eigenvalue weighted by molar-refractivity contribution is -0.129. The Kier molecular flexibility index (Phi) is 6.21. The number of nitrogens with one attached hydrogen (secondary N) is 2. The van der Waals surface area contributed by atoms with Crippen molar-refractivity contribution in [2.24, 2.45) is 0 Å². The van der Waals surface area contributed by atoms with E-state index in [0.717, 1.165) is 17.1 Å². The first-order valence-electron chi connectivity index (χ1n) is 6.18. The zero-order valence-corrected chi connectivity index (χ0v) is 12.4. The number of hydrogen-bond acceptors (Lipinski definition) is 3. The van der Waals surface area contributed by atoms with E-state index in [0.29, 0.717) is 13.1 Å². The van der Waals surface area contributed by atoms with Crippen LogP contribution in [0.4, 0.5) is 0 Å². The lowest BCUT2D eigenvalue weighted by Crippen LogP contribution is -2.33. The molecule has 6 heteroatoms. The SMILES string of the molecule is CNCC(=O)N(C)Cc1ncc(-c2ccccc2)[nH]1.Cl. The molecule has 0 radical (unpaired) electrons. The van der Waals surface area contributed by atoms with E-state index < -0.39 is 0 Å². The zero-order valence-electron chi connectivity index (χ0n) is 11.6. The van der Waals surface area contributed by atoms with Gasteiger partial charge in [-0.15, -0.1) is 12.4 Å². The molecule has 0 saturated heterocycles. The molecule has 0 fully saturated rings. The predicted octanol–water partition coefficient (Wildman–Crippen LogP) is 1.68. The standard InChI is InChI=1S/C14H18N4O.ClH/c1-15-9-14(19)18(2)10-13-16-8-12(17-13)11-6-4-3-5-7-11;/h3-8,15H,9-10H2,1-2H3,(H,16,17);1H. The largest absolute Gasteiger partial charge is 0.341 e. The number of amides is 1. The first-order chi connectivity index (χ1) is 9.20. The Morgan fingerprint density at radius 3 is 2.70 bits per heavy atom. The number of hydrogen-bond donors (Lipinski definition) is 2. The van der Waals surface area contributed by atoms with Crippen molar-refractivity contribution in [2.45, 2.75) is 6.54 Å². The van der Waals surface area contributed by atoms with Crippen molar-refractivity contribution in [3.8, 4) is 11.3 Å². The van der Waals surface area contributed by atoms with Crippen LogP contribution < -0.4 is 5.32 Å². The molecule has 5 nitrogen and oxygen atoms in total. The van der Waals surface area contributed by atoms with E-state index in [1.54, 1.807) is 25.2 Å². The van der Waals surface area contributed by atoms with Gasteiger partial charge in [0.2, 0.25) is 5.91 Å². The summed E-state index contributed by atoms with van der Waals surface area (Å²) in [6, 6.07) is 9.99. The van der Waals surface area contributed by atoms with E-state index in [4.69, 9.17) is 0 Å². The third-order valence-electron chi connectivity index (χ3n) is 2.85. The number of nitrogens with zero attached hydrogens (tertiary/aromatic N) is 2. The number of benzene rings is 1. The molecule has 0 aliphatic carbocycles. The summed E-state index contributed by atoms with van der Waals surface area (Å²) in [7, 11) is 3.52. The van der Waals surface area contributed by atoms with Crippen LogP contribution in [0.5, 0.6) is 0 Å². The Balaban J connectivity index is 0.00000200. The van der Waals surface area contributed by atoms with Gasteiger partial charge in [-0.05, 0) is 12.6 Å². The number of H-pyrrole nitrogens is 1. The molecule has 20 heavy (non-hydrogen) atoms. The number of likely N-dealkylation sites (N-methyl/N-ethyl adjacent to an activating group) is 2. The van der Waals surface area contributed by atoms with Gasteiger partial charge in [-0.1, -0.05) is 30.3 Å². The molecule has 0 unspecified atom stereocenters. The molecule has 2 aromatic rings. The van der Waals surface area contributed by atoms with Gasteiger partial charge in [0.15, 0.2) is 0 Å². The molecule has 0 aliphatic rings. The number of rotatable bonds is 5. The summed E-state index contributed by atoms with van der Waals surface area (Å²) in [5.41, 5.74) is 2.05. The fourth-order valence-electron chi connectivity index (χ4n) is 1.81. The van der Waals surface area contributed by atoms with Crippen molar-refractivity contribution in [1.82, 2.24) is 20.2 Å². The van der Waals surface area contributed by atoms with E-state index in [1.165, 1.54) is 0 Å². The lowest BCUT2D eigenvalue weighted by atomic mass is 10.2. The summed E-state index contributed by atoms with van der Waals surface area (Å²) in [6.07, 6.45) is 1.79. The molecule has 0 atom stereocenters. The predicted molar refractivity (Wildman–Crippen MR) is 81.7 cm³/mol. The minimum atomic E-state index is 0. The average molecular weight is 295 g/mol. The zero-order chi connectivity index (χ0) is 13.7. The molecular weight excluding hydrogens is 276 g/mol. The van der Waals surface area contributed by atoms with Gasteiger partial charge in [0.25, 0.3) is 0 Å². The second-order valence-corrected chi connectivity index (χ2v) is 4.39. The smallest absolute Gasteiger partial charge is 0.236 e. The fourth-order valence-corrected chi connectivity index (χ4v) is 1.81. The van der Waals surface area contributed by atoms with Crippen LogP contribution in [-0.2, 0) is 11.3 Å². The monoisotopic (exact) mass is 294 g/mol. The highest BCUT2D eigenvalue weighted by atomic mass is 35.5. The molecule has 108 valence electrons. The molecule has 0 bridgehead atoms. The van der Waals surface area contributed by atoms with Crippen molar-refractivity contribution < 1.29 is 4.79 Å². The molecule has 1 aromatic heterocycles. The van der Waals surface area contributed by atoms with Crippen molar-refractivity contribution in [1.29, 1.82) is 0 Å². The molecule has 0 aliphatic heterocycles. The molecule has 2 rings (SSSR count). The topological polar surface area (TPSA) is 61.0 Å². The van der Waals surface area contributed by atoms with Crippen molar-refractivity contribution >= 4 is 18.3 Å². The Morgan fingerprint density at radius 1 is 1.35 bits per heavy atom. The summed E-state index contributed by atoms with van der Waals surface area (Å²) < 4.78 is 0. The van der Waals surface area contributed by atoms with E-state index in [2.05, 4.69) is 15.3 Å². The van der Waals surface area contributed by atoms with Crippen LogP contribution in [0.2, 0.25) is 0 Å². The highest BCUT2D eigenvalue weighted by Gasteiger charge is 2.10. The number of aromatic amines is 1. The third kappa shape index (κ3) is 4.08. The lowest BCUT2D eigenvalue weighted by Gasteiger charge is -2.15. The second kappa shape index (κ2) is 7.67. The molecule has 0 saturated carbocycles. The molecule has 0 spiro atoms. The maximum Gasteiger partial charge on any atom is 0.236 e. The van der Waals surface area contributed by atoms with Crippen molar-refractivity contribution in [3.05, 3.63) is 42.4 Å². The van der Waals surface area contributed by atoms with Crippen LogP contribution in [-0.4, -0.2) is 41.4 Å². The molecule has 1 aromatic carbocycles. The van der Waals surface area contributed by atoms with E-state index in [9.17, 15) is 4.79 Å². The Morgan fingerprint density at radius 2 is 2.05 bits per heavy atom. The average Bonchev–Trinajstić information content (AvgIpc) is 2.88. The van der Waals surface area contributed by atoms with E-state index >= 15 is 0 Å². The molecule has 2 N–H and O–H groups in total. The Bertz CT molecular complexity index is 541. The van der Waals surface area contributed by atoms with Gasteiger partial charge in [0.1, 0.15) is 5.82 Å². The number of imidazole rings is 1. The fraction of sp³-hybridized carbons (Fsp3) is 0.286. The molecule has 1 heterocycles. The third-order valence-corrected chi connectivity index (χ3v) is 2.85. The van der Waals surface area contributed by atoms with Crippen molar-refractivity contribution in [3.63, 3.8) is 0 Å². The van der Waals surface area contributed by atoms with Crippen molar-refractivity contribution in [2.75, 3.05) is 20.6 Å². The van der Waals surface area contributed by atoms with Gasteiger partial charge in [-0.25, -0.2) is 4.98 Å². The summed E-state index contributed by atoms with van der Waals surface area (Å²) in [5.74, 6) is 0.825. The first kappa shape index (κ1) is 16.2. The van der Waals surface area contributed by atoms with Crippen LogP contribution in [0.15, 0.2) is 36.5 Å². The van der Waals surface area contributed by atoms with Crippen LogP contribution in [0.1, 0.15) is 5.82 Å². The summed E-state index contributed by atoms with van der Waals surface area (Å²) in [4.78, 5) is 20.8. The first-order valence-corrected chi connectivity index (χ1v) is 6.18. The number of carbonyl (C=O) groups is 1. The minimum absolute atomic E-state index is 0. The molecular formula is C14H19ClN4O. The van der Waals surface area contributed by atoms with Crippen LogP contribution in [0.3, 0.4) is 0 Å². The highest BCUT2D eigenvalue weighted by molar-refractivity contribution is 5.85. The normalized spacial score (nSPS) is 9.90. The second-order valence-electron chi connectivity index (χ2n) is 4.39. The Hall–Kier alpha value is -1.85. The quantitative estimate of drug-likeness (QED) is 0.882. The van der Waals surface area contributed by atoms with Gasteiger partial charge in [0, 0.05) is 7.05 Å². The number of aromatic nitrogens is 2. The van der Waals surface area contributed by atoms with E-state index in [-0.39, 0.29) is 18.3 Å². The van der Waals surface area contributed by atoms with Gasteiger partial charge >= 0.3 is 0 Å². The van der Waals surface area contributed by atoms with Crippen LogP contribution in [0.25, 0.3) is 11.3 Å². The summed E-state index contributed by atoms with van der Waals surface area (Å²) in [5, 5.41) is 2.84. The summed E-state index contributed by atoms with van der Waals surface area (Å²) >= 11 is 0.